The third-order valence-corrected chi connectivity index (χ3v) is 9.46. The van der Waals surface area contributed by atoms with Gasteiger partial charge in [-0.3, -0.25) is 4.79 Å². The molecule has 0 spiro atoms. The van der Waals surface area contributed by atoms with Crippen LogP contribution in [0.3, 0.4) is 0 Å². The van der Waals surface area contributed by atoms with Crippen LogP contribution in [-0.4, -0.2) is 19.4 Å². The minimum Gasteiger partial charge on any atom is -0.544 e. The van der Waals surface area contributed by atoms with E-state index in [-0.39, 0.29) is 11.5 Å². The first kappa shape index (κ1) is 20.2. The number of carboxylic acid groups (broad SMARTS) is 1. The second kappa shape index (κ2) is 7.64. The predicted molar refractivity (Wildman–Crippen MR) is 109 cm³/mol. The first-order valence-corrected chi connectivity index (χ1v) is 11.8. The first-order chi connectivity index (χ1) is 12.0. The zero-order chi connectivity index (χ0) is 19.5. The van der Waals surface area contributed by atoms with Crippen LogP contribution in [0.5, 0.6) is 5.75 Å². The zero-order valence-electron chi connectivity index (χ0n) is 16.2. The lowest BCUT2D eigenvalue weighted by molar-refractivity contribution is -0.137. The Kier molecular flexibility index (Phi) is 5.93. The van der Waals surface area contributed by atoms with Gasteiger partial charge in [0.25, 0.3) is 0 Å². The summed E-state index contributed by atoms with van der Waals surface area (Å²) in [5, 5.41) is 9.16. The maximum atomic E-state index is 11.0. The van der Waals surface area contributed by atoms with Gasteiger partial charge >= 0.3 is 5.97 Å². The number of rotatable bonds is 6. The van der Waals surface area contributed by atoms with Gasteiger partial charge in [-0.15, -0.1) is 0 Å². The number of nitrogens with two attached hydrogens (primary N) is 1. The van der Waals surface area contributed by atoms with Crippen LogP contribution < -0.4 is 10.2 Å². The molecule has 0 saturated carbocycles. The van der Waals surface area contributed by atoms with E-state index in [1.54, 1.807) is 0 Å². The fourth-order valence-electron chi connectivity index (χ4n) is 2.53. The van der Waals surface area contributed by atoms with Crippen molar-refractivity contribution in [3.8, 4) is 16.9 Å². The SMILES string of the molecule is CC(C)(C)[Si](C)(C)Oc1ccc(-c2ccccc2[C@H](N)CC(=O)O)cc1. The van der Waals surface area contributed by atoms with Crippen LogP contribution in [0.25, 0.3) is 11.1 Å². The molecule has 0 aliphatic carbocycles. The highest BCUT2D eigenvalue weighted by Crippen LogP contribution is 2.38. The molecule has 1 atom stereocenters. The Hall–Kier alpha value is -2.11. The van der Waals surface area contributed by atoms with E-state index in [1.165, 1.54) is 0 Å². The van der Waals surface area contributed by atoms with E-state index in [1.807, 2.05) is 48.5 Å². The van der Waals surface area contributed by atoms with E-state index in [4.69, 9.17) is 15.3 Å². The van der Waals surface area contributed by atoms with Crippen LogP contribution in [0, 0.1) is 0 Å². The third kappa shape index (κ3) is 4.74. The molecule has 0 aliphatic rings. The molecule has 0 unspecified atom stereocenters. The number of carboxylic acids is 1. The Morgan fingerprint density at radius 2 is 1.69 bits per heavy atom. The van der Waals surface area contributed by atoms with E-state index >= 15 is 0 Å². The fraction of sp³-hybridized carbons (Fsp3) is 0.381. The summed E-state index contributed by atoms with van der Waals surface area (Å²) < 4.78 is 6.32. The van der Waals surface area contributed by atoms with Crippen molar-refractivity contribution in [3.63, 3.8) is 0 Å². The topological polar surface area (TPSA) is 72.5 Å². The third-order valence-electron chi connectivity index (χ3n) is 5.10. The lowest BCUT2D eigenvalue weighted by Crippen LogP contribution is -2.43. The van der Waals surface area contributed by atoms with Gasteiger partial charge in [0.1, 0.15) is 5.75 Å². The van der Waals surface area contributed by atoms with E-state index in [0.717, 1.165) is 22.4 Å². The van der Waals surface area contributed by atoms with Crippen molar-refractivity contribution >= 4 is 14.3 Å². The van der Waals surface area contributed by atoms with Crippen molar-refractivity contribution in [1.29, 1.82) is 0 Å². The molecule has 2 aromatic rings. The monoisotopic (exact) mass is 371 g/mol. The van der Waals surface area contributed by atoms with Crippen LogP contribution in [0.2, 0.25) is 18.1 Å². The first-order valence-electron chi connectivity index (χ1n) is 8.87. The molecular formula is C21H29NO3Si. The molecule has 0 bridgehead atoms. The molecular weight excluding hydrogens is 342 g/mol. The summed E-state index contributed by atoms with van der Waals surface area (Å²) in [6.07, 6.45) is -0.0937. The van der Waals surface area contributed by atoms with E-state index in [9.17, 15) is 4.79 Å². The average Bonchev–Trinajstić information content (AvgIpc) is 2.53. The molecule has 4 nitrogen and oxygen atoms in total. The van der Waals surface area contributed by atoms with Crippen molar-refractivity contribution in [3.05, 3.63) is 54.1 Å². The molecule has 140 valence electrons. The Bertz CT molecular complexity index is 764. The normalized spacial score (nSPS) is 13.3. The van der Waals surface area contributed by atoms with Crippen LogP contribution in [0.15, 0.2) is 48.5 Å². The van der Waals surface area contributed by atoms with Gasteiger partial charge in [0.05, 0.1) is 6.42 Å². The molecule has 5 heteroatoms. The maximum Gasteiger partial charge on any atom is 0.305 e. The molecule has 0 radical (unpaired) electrons. The highest BCUT2D eigenvalue weighted by Gasteiger charge is 2.38. The second-order valence-corrected chi connectivity index (χ2v) is 12.9. The van der Waals surface area contributed by atoms with Crippen molar-refractivity contribution in [2.75, 3.05) is 0 Å². The molecule has 0 fully saturated rings. The molecule has 0 aromatic heterocycles. The lowest BCUT2D eigenvalue weighted by Gasteiger charge is -2.36. The Morgan fingerprint density at radius 1 is 1.12 bits per heavy atom. The largest absolute Gasteiger partial charge is 0.544 e. The number of hydrogen-bond acceptors (Lipinski definition) is 3. The molecule has 2 rings (SSSR count). The quantitative estimate of drug-likeness (QED) is 0.684. The average molecular weight is 372 g/mol. The van der Waals surface area contributed by atoms with Crippen LogP contribution in [0.4, 0.5) is 0 Å². The smallest absolute Gasteiger partial charge is 0.305 e. The summed E-state index contributed by atoms with van der Waals surface area (Å²) in [5.74, 6) is -0.0296. The number of hydrogen-bond donors (Lipinski definition) is 2. The summed E-state index contributed by atoms with van der Waals surface area (Å²) >= 11 is 0. The van der Waals surface area contributed by atoms with Gasteiger partial charge in [0.15, 0.2) is 0 Å². The van der Waals surface area contributed by atoms with Crippen LogP contribution in [-0.2, 0) is 4.79 Å². The molecule has 0 heterocycles. The molecule has 0 aliphatic heterocycles. The molecule has 2 aromatic carbocycles. The summed E-state index contributed by atoms with van der Waals surface area (Å²) in [4.78, 5) is 11.0. The summed E-state index contributed by atoms with van der Waals surface area (Å²) in [5.41, 5.74) is 8.90. The Balaban J connectivity index is 2.28. The van der Waals surface area contributed by atoms with Gasteiger partial charge < -0.3 is 15.3 Å². The summed E-state index contributed by atoms with van der Waals surface area (Å²) in [7, 11) is -1.87. The van der Waals surface area contributed by atoms with E-state index < -0.39 is 20.3 Å². The van der Waals surface area contributed by atoms with Gasteiger partial charge in [-0.1, -0.05) is 57.2 Å². The van der Waals surface area contributed by atoms with Crippen LogP contribution in [0.1, 0.15) is 38.8 Å². The van der Waals surface area contributed by atoms with Gasteiger partial charge in [-0.05, 0) is 47.0 Å². The second-order valence-electron chi connectivity index (χ2n) is 8.18. The summed E-state index contributed by atoms with van der Waals surface area (Å²) in [6, 6.07) is 15.1. The molecule has 26 heavy (non-hydrogen) atoms. The standard InChI is InChI=1S/C21H29NO3Si/c1-21(2,3)26(4,5)25-16-12-10-15(11-13-16)17-8-6-7-9-18(17)19(22)14-20(23)24/h6-13,19H,14,22H2,1-5H3,(H,23,24)/t19-/m1/s1. The maximum absolute atomic E-state index is 11.0. The highest BCUT2D eigenvalue weighted by molar-refractivity contribution is 6.74. The molecule has 0 saturated heterocycles. The highest BCUT2D eigenvalue weighted by atomic mass is 28.4. The van der Waals surface area contributed by atoms with E-state index in [2.05, 4.69) is 33.9 Å². The predicted octanol–water partition coefficient (Wildman–Crippen LogP) is 5.21. The van der Waals surface area contributed by atoms with Crippen molar-refractivity contribution in [2.24, 2.45) is 5.73 Å². The van der Waals surface area contributed by atoms with Gasteiger partial charge in [0, 0.05) is 6.04 Å². The van der Waals surface area contributed by atoms with Crippen LogP contribution >= 0.6 is 0 Å². The van der Waals surface area contributed by atoms with Crippen molar-refractivity contribution in [2.45, 2.75) is 51.4 Å². The Labute approximate surface area is 157 Å². The van der Waals surface area contributed by atoms with Crippen molar-refractivity contribution in [1.82, 2.24) is 0 Å². The summed E-state index contributed by atoms with van der Waals surface area (Å²) in [6.45, 7) is 11.1. The lowest BCUT2D eigenvalue weighted by atomic mass is 9.94. The number of carbonyl (C=O) groups is 1. The molecule has 0 amide bonds. The van der Waals surface area contributed by atoms with E-state index in [0.29, 0.717) is 0 Å². The minimum absolute atomic E-state index is 0.0937. The van der Waals surface area contributed by atoms with Gasteiger partial charge in [0.2, 0.25) is 8.32 Å². The van der Waals surface area contributed by atoms with Gasteiger partial charge in [-0.2, -0.15) is 0 Å². The molecule has 3 N–H and O–H groups in total. The minimum atomic E-state index is -1.87. The fourth-order valence-corrected chi connectivity index (χ4v) is 3.56. The zero-order valence-corrected chi connectivity index (χ0v) is 17.2. The number of benzene rings is 2. The Morgan fingerprint density at radius 3 is 2.23 bits per heavy atom. The van der Waals surface area contributed by atoms with Gasteiger partial charge in [-0.25, -0.2) is 0 Å². The van der Waals surface area contributed by atoms with Crippen molar-refractivity contribution < 1.29 is 14.3 Å². The number of aliphatic carboxylic acids is 1.